The standard InChI is InChI=1S/C14H15NO3/c1-8-4-5-12(18-3)13-11(8)7-10(6-9(2)16)14(17)15-13/h4-5,7H,6H2,1-3H3,(H,15,17). The van der Waals surface area contributed by atoms with Crippen molar-refractivity contribution in [3.05, 3.63) is 39.7 Å². The summed E-state index contributed by atoms with van der Waals surface area (Å²) < 4.78 is 5.22. The third-order valence-electron chi connectivity index (χ3n) is 2.93. The third-order valence-corrected chi connectivity index (χ3v) is 2.93. The Balaban J connectivity index is 2.74. The van der Waals surface area contributed by atoms with Crippen LogP contribution in [0, 0.1) is 6.92 Å². The molecule has 94 valence electrons. The maximum absolute atomic E-state index is 11.9. The van der Waals surface area contributed by atoms with Gasteiger partial charge in [0.1, 0.15) is 11.5 Å². The molecule has 0 spiro atoms. The first-order valence-electron chi connectivity index (χ1n) is 5.72. The zero-order valence-corrected chi connectivity index (χ0v) is 10.7. The maximum Gasteiger partial charge on any atom is 0.252 e. The summed E-state index contributed by atoms with van der Waals surface area (Å²) in [5, 5.41) is 0.908. The molecule has 1 N–H and O–H groups in total. The molecule has 1 heterocycles. The Morgan fingerprint density at radius 1 is 1.39 bits per heavy atom. The number of methoxy groups -OCH3 is 1. The zero-order valence-electron chi connectivity index (χ0n) is 10.7. The molecule has 0 amide bonds. The van der Waals surface area contributed by atoms with Crippen molar-refractivity contribution < 1.29 is 9.53 Å². The van der Waals surface area contributed by atoms with Gasteiger partial charge in [0.25, 0.3) is 5.56 Å². The number of rotatable bonds is 3. The van der Waals surface area contributed by atoms with E-state index in [0.717, 1.165) is 10.9 Å². The molecule has 0 fully saturated rings. The molecule has 2 rings (SSSR count). The Kier molecular flexibility index (Phi) is 3.19. The van der Waals surface area contributed by atoms with E-state index in [4.69, 9.17) is 4.74 Å². The number of aromatic nitrogens is 1. The second-order valence-corrected chi connectivity index (χ2v) is 4.38. The highest BCUT2D eigenvalue weighted by Gasteiger charge is 2.10. The number of aromatic amines is 1. The first-order chi connectivity index (χ1) is 8.52. The highest BCUT2D eigenvalue weighted by molar-refractivity contribution is 5.88. The molecule has 4 heteroatoms. The first kappa shape index (κ1) is 12.4. The van der Waals surface area contributed by atoms with Crippen molar-refractivity contribution in [3.8, 4) is 5.75 Å². The summed E-state index contributed by atoms with van der Waals surface area (Å²) in [6.07, 6.45) is 0.155. The lowest BCUT2D eigenvalue weighted by Crippen LogP contribution is -2.15. The number of benzene rings is 1. The van der Waals surface area contributed by atoms with Crippen LogP contribution in [0.4, 0.5) is 0 Å². The van der Waals surface area contributed by atoms with Crippen LogP contribution in [-0.2, 0) is 11.2 Å². The van der Waals surface area contributed by atoms with Crippen molar-refractivity contribution in [2.45, 2.75) is 20.3 Å². The third kappa shape index (κ3) is 2.14. The molecule has 2 aromatic rings. The average molecular weight is 245 g/mol. The van der Waals surface area contributed by atoms with E-state index in [-0.39, 0.29) is 17.8 Å². The number of nitrogens with one attached hydrogen (secondary N) is 1. The van der Waals surface area contributed by atoms with Gasteiger partial charge >= 0.3 is 0 Å². The lowest BCUT2D eigenvalue weighted by atomic mass is 10.0. The number of ketones is 1. The minimum Gasteiger partial charge on any atom is -0.495 e. The van der Waals surface area contributed by atoms with Gasteiger partial charge in [-0.2, -0.15) is 0 Å². The lowest BCUT2D eigenvalue weighted by molar-refractivity contribution is -0.116. The smallest absolute Gasteiger partial charge is 0.252 e. The number of fused-ring (bicyclic) bond motifs is 1. The molecule has 0 aliphatic rings. The number of hydrogen-bond acceptors (Lipinski definition) is 3. The van der Waals surface area contributed by atoms with Crippen molar-refractivity contribution >= 4 is 16.7 Å². The minimum atomic E-state index is -0.235. The Morgan fingerprint density at radius 2 is 2.11 bits per heavy atom. The van der Waals surface area contributed by atoms with E-state index in [2.05, 4.69) is 4.98 Å². The summed E-state index contributed by atoms with van der Waals surface area (Å²) in [5.74, 6) is 0.600. The van der Waals surface area contributed by atoms with Crippen LogP contribution in [0.25, 0.3) is 10.9 Å². The Bertz CT molecular complexity index is 671. The van der Waals surface area contributed by atoms with Crippen LogP contribution in [0.1, 0.15) is 18.1 Å². The second kappa shape index (κ2) is 4.64. The van der Waals surface area contributed by atoms with Crippen LogP contribution in [0.3, 0.4) is 0 Å². The van der Waals surface area contributed by atoms with E-state index in [1.54, 1.807) is 13.2 Å². The molecular weight excluding hydrogens is 230 g/mol. The fourth-order valence-electron chi connectivity index (χ4n) is 2.02. The lowest BCUT2D eigenvalue weighted by Gasteiger charge is -2.09. The van der Waals surface area contributed by atoms with E-state index in [1.165, 1.54) is 6.92 Å². The summed E-state index contributed by atoms with van der Waals surface area (Å²) in [5.41, 5.74) is 1.97. The number of H-pyrrole nitrogens is 1. The Morgan fingerprint density at radius 3 is 2.72 bits per heavy atom. The van der Waals surface area contributed by atoms with Crippen LogP contribution >= 0.6 is 0 Å². The number of aryl methyl sites for hydroxylation is 1. The van der Waals surface area contributed by atoms with E-state index >= 15 is 0 Å². The van der Waals surface area contributed by atoms with Gasteiger partial charge in [-0.05, 0) is 31.5 Å². The quantitative estimate of drug-likeness (QED) is 0.899. The average Bonchev–Trinajstić information content (AvgIpc) is 2.31. The molecule has 0 unspecified atom stereocenters. The fourth-order valence-corrected chi connectivity index (χ4v) is 2.02. The molecule has 0 saturated heterocycles. The van der Waals surface area contributed by atoms with Gasteiger partial charge in [0.2, 0.25) is 0 Å². The molecule has 0 aliphatic heterocycles. The van der Waals surface area contributed by atoms with Gasteiger partial charge in [-0.25, -0.2) is 0 Å². The summed E-state index contributed by atoms with van der Waals surface area (Å²) in [7, 11) is 1.56. The van der Waals surface area contributed by atoms with Crippen molar-refractivity contribution in [1.82, 2.24) is 4.98 Å². The number of Topliss-reactive ketones (excluding diaryl/α,β-unsaturated/α-hetero) is 1. The van der Waals surface area contributed by atoms with Gasteiger partial charge in [0.05, 0.1) is 12.6 Å². The molecule has 0 saturated carbocycles. The normalized spacial score (nSPS) is 10.6. The van der Waals surface area contributed by atoms with E-state index in [0.29, 0.717) is 16.8 Å². The monoisotopic (exact) mass is 245 g/mol. The van der Waals surface area contributed by atoms with E-state index in [9.17, 15) is 9.59 Å². The van der Waals surface area contributed by atoms with Crippen molar-refractivity contribution in [2.75, 3.05) is 7.11 Å². The molecule has 0 bridgehead atoms. The second-order valence-electron chi connectivity index (χ2n) is 4.38. The summed E-state index contributed by atoms with van der Waals surface area (Å²) in [4.78, 5) is 25.8. The number of carbonyl (C=O) groups excluding carboxylic acids is 1. The molecule has 1 aromatic carbocycles. The molecule has 0 radical (unpaired) electrons. The van der Waals surface area contributed by atoms with Gasteiger partial charge in [0, 0.05) is 17.4 Å². The van der Waals surface area contributed by atoms with Crippen molar-refractivity contribution in [2.24, 2.45) is 0 Å². The topological polar surface area (TPSA) is 59.2 Å². The zero-order chi connectivity index (χ0) is 13.3. The predicted molar refractivity (Wildman–Crippen MR) is 70.2 cm³/mol. The number of carbonyl (C=O) groups is 1. The largest absolute Gasteiger partial charge is 0.495 e. The SMILES string of the molecule is COc1ccc(C)c2cc(CC(C)=O)c(=O)[nH]c12. The van der Waals surface area contributed by atoms with Crippen LogP contribution < -0.4 is 10.3 Å². The van der Waals surface area contributed by atoms with E-state index in [1.807, 2.05) is 19.1 Å². The molecule has 1 aromatic heterocycles. The van der Waals surface area contributed by atoms with Gasteiger partial charge in [-0.3, -0.25) is 9.59 Å². The van der Waals surface area contributed by atoms with Crippen LogP contribution in [0.2, 0.25) is 0 Å². The van der Waals surface area contributed by atoms with Crippen LogP contribution in [0.5, 0.6) is 5.75 Å². The maximum atomic E-state index is 11.9. The van der Waals surface area contributed by atoms with Gasteiger partial charge < -0.3 is 9.72 Å². The first-order valence-corrected chi connectivity index (χ1v) is 5.72. The molecular formula is C14H15NO3. The number of ether oxygens (including phenoxy) is 1. The highest BCUT2D eigenvalue weighted by Crippen LogP contribution is 2.25. The highest BCUT2D eigenvalue weighted by atomic mass is 16.5. The fraction of sp³-hybridized carbons (Fsp3) is 0.286. The Hall–Kier alpha value is -2.10. The van der Waals surface area contributed by atoms with E-state index < -0.39 is 0 Å². The van der Waals surface area contributed by atoms with Crippen LogP contribution in [0.15, 0.2) is 23.0 Å². The summed E-state index contributed by atoms with van der Waals surface area (Å²) >= 11 is 0. The summed E-state index contributed by atoms with van der Waals surface area (Å²) in [6.45, 7) is 3.43. The van der Waals surface area contributed by atoms with Gasteiger partial charge in [-0.1, -0.05) is 6.07 Å². The predicted octanol–water partition coefficient (Wildman–Crippen LogP) is 1.98. The van der Waals surface area contributed by atoms with Crippen molar-refractivity contribution in [3.63, 3.8) is 0 Å². The Labute approximate surface area is 105 Å². The van der Waals surface area contributed by atoms with Gasteiger partial charge in [0.15, 0.2) is 0 Å². The number of hydrogen-bond donors (Lipinski definition) is 1. The number of pyridine rings is 1. The molecule has 0 aliphatic carbocycles. The molecule has 18 heavy (non-hydrogen) atoms. The van der Waals surface area contributed by atoms with Gasteiger partial charge in [-0.15, -0.1) is 0 Å². The minimum absolute atomic E-state index is 0.0274. The molecule has 0 atom stereocenters. The van der Waals surface area contributed by atoms with Crippen molar-refractivity contribution in [1.29, 1.82) is 0 Å². The summed E-state index contributed by atoms with van der Waals surface area (Å²) in [6, 6.07) is 5.52. The van der Waals surface area contributed by atoms with Crippen LogP contribution in [-0.4, -0.2) is 17.9 Å². The molecule has 4 nitrogen and oxygen atoms in total.